The summed E-state index contributed by atoms with van der Waals surface area (Å²) in [5.41, 5.74) is 7.37. The molecule has 0 radical (unpaired) electrons. The molecule has 0 bridgehead atoms. The van der Waals surface area contributed by atoms with Crippen LogP contribution in [0.1, 0.15) is 23.6 Å². The number of rotatable bonds is 6. The topological polar surface area (TPSA) is 64.4 Å². The van der Waals surface area contributed by atoms with Crippen LogP contribution < -0.4 is 19.6 Å². The zero-order valence-corrected chi connectivity index (χ0v) is 17.2. The molecule has 1 N–H and O–H groups in total. The molecule has 0 atom stereocenters. The fourth-order valence-electron chi connectivity index (χ4n) is 3.30. The number of hydrazone groups is 1. The highest BCUT2D eigenvalue weighted by Crippen LogP contribution is 2.33. The van der Waals surface area contributed by atoms with Crippen LogP contribution in [0.25, 0.3) is 0 Å². The van der Waals surface area contributed by atoms with Crippen molar-refractivity contribution in [1.29, 1.82) is 0 Å². The number of hydrogen-bond donors (Lipinski definition) is 1. The Bertz CT molecular complexity index is 1110. The van der Waals surface area contributed by atoms with Crippen LogP contribution in [0.5, 0.6) is 17.2 Å². The van der Waals surface area contributed by atoms with Crippen LogP contribution in [0.15, 0.2) is 76.8 Å². The lowest BCUT2D eigenvalue weighted by molar-refractivity contribution is 0.340. The van der Waals surface area contributed by atoms with E-state index in [1.165, 1.54) is 0 Å². The Morgan fingerprint density at radius 1 is 0.833 bits per heavy atom. The second-order valence-electron chi connectivity index (χ2n) is 6.58. The van der Waals surface area contributed by atoms with E-state index >= 15 is 0 Å². The molecule has 152 valence electrons. The molecular formula is C24H23N3O3. The monoisotopic (exact) mass is 401 g/mol. The maximum atomic E-state index is 5.72. The van der Waals surface area contributed by atoms with Crippen molar-refractivity contribution < 1.29 is 14.2 Å². The van der Waals surface area contributed by atoms with Crippen molar-refractivity contribution >= 4 is 17.2 Å². The molecule has 0 spiro atoms. The Labute approximate surface area is 175 Å². The summed E-state index contributed by atoms with van der Waals surface area (Å²) < 4.78 is 16.6. The van der Waals surface area contributed by atoms with Crippen LogP contribution in [0.2, 0.25) is 0 Å². The lowest BCUT2D eigenvalue weighted by atomic mass is 10.00. The molecule has 6 heteroatoms. The van der Waals surface area contributed by atoms with Gasteiger partial charge in [0.2, 0.25) is 0 Å². The molecule has 0 saturated heterocycles. The minimum atomic E-state index is 0.582. The van der Waals surface area contributed by atoms with Crippen molar-refractivity contribution in [3.05, 3.63) is 83.4 Å². The smallest absolute Gasteiger partial charge is 0.161 e. The molecular weight excluding hydrogens is 378 g/mol. The molecule has 30 heavy (non-hydrogen) atoms. The van der Waals surface area contributed by atoms with Gasteiger partial charge in [0.15, 0.2) is 17.3 Å². The molecule has 1 aliphatic heterocycles. The van der Waals surface area contributed by atoms with Crippen LogP contribution in [-0.2, 0) is 0 Å². The molecule has 1 aliphatic rings. The zero-order valence-electron chi connectivity index (χ0n) is 17.2. The average molecular weight is 401 g/mol. The van der Waals surface area contributed by atoms with Crippen molar-refractivity contribution in [2.75, 3.05) is 20.8 Å². The first-order chi connectivity index (χ1) is 14.7. The summed E-state index contributed by atoms with van der Waals surface area (Å²) in [4.78, 5) is 4.84. The van der Waals surface area contributed by atoms with Gasteiger partial charge in [-0.2, -0.15) is 5.10 Å². The SMILES string of the molecule is CCOc1ccc2c(c1)C(c1ccc(OC)c(OC)c1)=NNC(c1ccccc1)=N2. The quantitative estimate of drug-likeness (QED) is 0.659. The van der Waals surface area contributed by atoms with E-state index in [2.05, 4.69) is 5.43 Å². The van der Waals surface area contributed by atoms with Crippen molar-refractivity contribution in [1.82, 2.24) is 5.43 Å². The molecule has 0 unspecified atom stereocenters. The summed E-state index contributed by atoms with van der Waals surface area (Å²) in [7, 11) is 3.23. The van der Waals surface area contributed by atoms with E-state index in [9.17, 15) is 0 Å². The van der Waals surface area contributed by atoms with Gasteiger partial charge in [0.05, 0.1) is 26.5 Å². The Morgan fingerprint density at radius 2 is 1.63 bits per heavy atom. The van der Waals surface area contributed by atoms with Gasteiger partial charge in [-0.3, -0.25) is 5.43 Å². The van der Waals surface area contributed by atoms with Gasteiger partial charge in [0, 0.05) is 16.7 Å². The predicted octanol–water partition coefficient (Wildman–Crippen LogP) is 4.54. The van der Waals surface area contributed by atoms with E-state index in [0.29, 0.717) is 23.9 Å². The standard InChI is InChI=1S/C24H23N3O3/c1-4-30-18-11-12-20-19(15-18)23(17-10-13-21(28-2)22(14-17)29-3)26-27-24(25-20)16-8-6-5-7-9-16/h5-15H,4H2,1-3H3,(H,25,27). The Morgan fingerprint density at radius 3 is 2.37 bits per heavy atom. The summed E-state index contributed by atoms with van der Waals surface area (Å²) in [6.45, 7) is 2.54. The van der Waals surface area contributed by atoms with Gasteiger partial charge >= 0.3 is 0 Å². The molecule has 0 amide bonds. The van der Waals surface area contributed by atoms with Crippen LogP contribution >= 0.6 is 0 Å². The van der Waals surface area contributed by atoms with E-state index in [1.54, 1.807) is 14.2 Å². The highest BCUT2D eigenvalue weighted by Gasteiger charge is 2.19. The van der Waals surface area contributed by atoms with Crippen LogP contribution in [-0.4, -0.2) is 32.4 Å². The van der Waals surface area contributed by atoms with Crippen molar-refractivity contribution in [3.8, 4) is 17.2 Å². The van der Waals surface area contributed by atoms with E-state index in [1.807, 2.05) is 73.7 Å². The van der Waals surface area contributed by atoms with Crippen LogP contribution in [0, 0.1) is 0 Å². The second kappa shape index (κ2) is 8.69. The summed E-state index contributed by atoms with van der Waals surface area (Å²) in [5.74, 6) is 2.74. The first-order valence-electron chi connectivity index (χ1n) is 9.71. The number of aliphatic imine (C=N–C) groups is 1. The molecule has 0 aliphatic carbocycles. The number of nitrogens with one attached hydrogen (secondary N) is 1. The lowest BCUT2D eigenvalue weighted by Crippen LogP contribution is -2.19. The fourth-order valence-corrected chi connectivity index (χ4v) is 3.30. The van der Waals surface area contributed by atoms with Gasteiger partial charge in [-0.1, -0.05) is 30.3 Å². The minimum absolute atomic E-state index is 0.582. The van der Waals surface area contributed by atoms with E-state index in [4.69, 9.17) is 24.3 Å². The summed E-state index contributed by atoms with van der Waals surface area (Å²) in [6, 6.07) is 21.5. The first kappa shape index (κ1) is 19.5. The largest absolute Gasteiger partial charge is 0.494 e. The Balaban J connectivity index is 1.86. The van der Waals surface area contributed by atoms with Gasteiger partial charge in [-0.05, 0) is 43.3 Å². The highest BCUT2D eigenvalue weighted by atomic mass is 16.5. The number of ether oxygens (including phenoxy) is 3. The third-order valence-electron chi connectivity index (χ3n) is 4.74. The Kier molecular flexibility index (Phi) is 5.66. The van der Waals surface area contributed by atoms with Gasteiger partial charge < -0.3 is 14.2 Å². The number of fused-ring (bicyclic) bond motifs is 1. The molecule has 6 nitrogen and oxygen atoms in total. The van der Waals surface area contributed by atoms with Crippen molar-refractivity contribution in [2.24, 2.45) is 10.1 Å². The molecule has 0 aromatic heterocycles. The zero-order chi connectivity index (χ0) is 20.9. The van der Waals surface area contributed by atoms with E-state index < -0.39 is 0 Å². The van der Waals surface area contributed by atoms with Crippen molar-refractivity contribution in [2.45, 2.75) is 6.92 Å². The molecule has 4 rings (SSSR count). The fraction of sp³-hybridized carbons (Fsp3) is 0.167. The minimum Gasteiger partial charge on any atom is -0.494 e. The van der Waals surface area contributed by atoms with Crippen molar-refractivity contribution in [3.63, 3.8) is 0 Å². The molecule has 1 heterocycles. The van der Waals surface area contributed by atoms with Gasteiger partial charge in [-0.15, -0.1) is 0 Å². The average Bonchev–Trinajstić information content (AvgIpc) is 2.99. The molecule has 0 fully saturated rings. The number of hydrogen-bond acceptors (Lipinski definition) is 6. The maximum Gasteiger partial charge on any atom is 0.161 e. The van der Waals surface area contributed by atoms with E-state index in [0.717, 1.165) is 33.8 Å². The number of benzene rings is 3. The second-order valence-corrected chi connectivity index (χ2v) is 6.58. The first-order valence-corrected chi connectivity index (χ1v) is 9.71. The maximum absolute atomic E-state index is 5.72. The number of methoxy groups -OCH3 is 2. The normalized spacial score (nSPS) is 12.6. The molecule has 0 saturated carbocycles. The van der Waals surface area contributed by atoms with Crippen LogP contribution in [0.3, 0.4) is 0 Å². The highest BCUT2D eigenvalue weighted by molar-refractivity contribution is 6.18. The predicted molar refractivity (Wildman–Crippen MR) is 119 cm³/mol. The molecule has 3 aromatic carbocycles. The summed E-state index contributed by atoms with van der Waals surface area (Å²) >= 11 is 0. The van der Waals surface area contributed by atoms with Gasteiger partial charge in [0.1, 0.15) is 11.5 Å². The van der Waals surface area contributed by atoms with Crippen LogP contribution in [0.4, 0.5) is 5.69 Å². The van der Waals surface area contributed by atoms with Gasteiger partial charge in [0.25, 0.3) is 0 Å². The lowest BCUT2D eigenvalue weighted by Gasteiger charge is -2.13. The number of amidine groups is 1. The summed E-state index contributed by atoms with van der Waals surface area (Å²) in [5, 5.41) is 4.71. The third-order valence-corrected chi connectivity index (χ3v) is 4.74. The van der Waals surface area contributed by atoms with E-state index in [-0.39, 0.29) is 0 Å². The third kappa shape index (κ3) is 3.85. The Hall–Kier alpha value is -3.80. The summed E-state index contributed by atoms with van der Waals surface area (Å²) in [6.07, 6.45) is 0. The molecule has 3 aromatic rings. The number of nitrogens with zero attached hydrogens (tertiary/aromatic N) is 2. The van der Waals surface area contributed by atoms with Gasteiger partial charge in [-0.25, -0.2) is 4.99 Å².